The van der Waals surface area contributed by atoms with E-state index < -0.39 is 5.97 Å². The first-order valence-corrected chi connectivity index (χ1v) is 11.7. The number of hydrogen-bond acceptors (Lipinski definition) is 5. The molecule has 2 heterocycles. The molecule has 0 bridgehead atoms. The van der Waals surface area contributed by atoms with E-state index in [1.807, 2.05) is 41.8 Å². The summed E-state index contributed by atoms with van der Waals surface area (Å²) in [6, 6.07) is 11.6. The van der Waals surface area contributed by atoms with Gasteiger partial charge in [-0.05, 0) is 47.9 Å². The van der Waals surface area contributed by atoms with Crippen molar-refractivity contribution >= 4 is 39.6 Å². The molecule has 0 unspecified atom stereocenters. The third kappa shape index (κ3) is 4.65. The first kappa shape index (κ1) is 22.2. The van der Waals surface area contributed by atoms with Crippen LogP contribution in [0.15, 0.2) is 41.8 Å². The SMILES string of the molecule is CCOC(=O)c1c(NC(=O)c2ccc(C(C)(C)C)cc2)sc(CC)c1-c1cccs1. The summed E-state index contributed by atoms with van der Waals surface area (Å²) in [5.41, 5.74) is 3.05. The van der Waals surface area contributed by atoms with Crippen LogP contribution < -0.4 is 5.32 Å². The zero-order valence-corrected chi connectivity index (χ0v) is 19.6. The van der Waals surface area contributed by atoms with Gasteiger partial charge >= 0.3 is 5.97 Å². The van der Waals surface area contributed by atoms with Crippen molar-refractivity contribution in [2.45, 2.75) is 46.5 Å². The largest absolute Gasteiger partial charge is 0.462 e. The van der Waals surface area contributed by atoms with E-state index in [1.54, 1.807) is 18.3 Å². The summed E-state index contributed by atoms with van der Waals surface area (Å²) in [4.78, 5) is 27.8. The lowest BCUT2D eigenvalue weighted by Gasteiger charge is -2.19. The van der Waals surface area contributed by atoms with Gasteiger partial charge in [-0.2, -0.15) is 0 Å². The van der Waals surface area contributed by atoms with Crippen molar-refractivity contribution in [3.05, 3.63) is 63.3 Å². The Morgan fingerprint density at radius 1 is 1.07 bits per heavy atom. The molecule has 1 N–H and O–H groups in total. The Morgan fingerprint density at radius 2 is 1.77 bits per heavy atom. The first-order valence-electron chi connectivity index (χ1n) is 10.0. The molecule has 0 saturated carbocycles. The molecule has 0 atom stereocenters. The van der Waals surface area contributed by atoms with Gasteiger partial charge in [-0.3, -0.25) is 4.79 Å². The number of benzene rings is 1. The van der Waals surface area contributed by atoms with Gasteiger partial charge in [-0.1, -0.05) is 45.9 Å². The van der Waals surface area contributed by atoms with E-state index in [0.29, 0.717) is 16.1 Å². The minimum Gasteiger partial charge on any atom is -0.462 e. The smallest absolute Gasteiger partial charge is 0.341 e. The molecule has 3 rings (SSSR count). The van der Waals surface area contributed by atoms with Crippen molar-refractivity contribution in [1.82, 2.24) is 0 Å². The number of esters is 1. The maximum atomic E-state index is 12.9. The summed E-state index contributed by atoms with van der Waals surface area (Å²) < 4.78 is 5.33. The molecule has 6 heteroatoms. The van der Waals surface area contributed by atoms with Gasteiger partial charge in [0.25, 0.3) is 5.91 Å². The van der Waals surface area contributed by atoms with E-state index in [0.717, 1.165) is 27.3 Å². The number of hydrogen-bond donors (Lipinski definition) is 1. The summed E-state index contributed by atoms with van der Waals surface area (Å²) in [5.74, 6) is -0.641. The zero-order chi connectivity index (χ0) is 21.9. The predicted molar refractivity (Wildman–Crippen MR) is 126 cm³/mol. The van der Waals surface area contributed by atoms with Crippen LogP contribution in [0, 0.1) is 0 Å². The Kier molecular flexibility index (Phi) is 6.78. The normalized spacial score (nSPS) is 11.4. The molecule has 3 aromatic rings. The highest BCUT2D eigenvalue weighted by Gasteiger charge is 2.27. The fourth-order valence-corrected chi connectivity index (χ4v) is 5.20. The second-order valence-electron chi connectivity index (χ2n) is 7.94. The zero-order valence-electron chi connectivity index (χ0n) is 18.0. The van der Waals surface area contributed by atoms with Crippen molar-refractivity contribution in [2.75, 3.05) is 11.9 Å². The highest BCUT2D eigenvalue weighted by Crippen LogP contribution is 2.43. The number of rotatable bonds is 6. The summed E-state index contributed by atoms with van der Waals surface area (Å²) in [6.45, 7) is 10.5. The fraction of sp³-hybridized carbons (Fsp3) is 0.333. The molecule has 2 aromatic heterocycles. The van der Waals surface area contributed by atoms with Crippen LogP contribution in [-0.2, 0) is 16.6 Å². The Labute approximate surface area is 185 Å². The lowest BCUT2D eigenvalue weighted by atomic mass is 9.87. The van der Waals surface area contributed by atoms with Crippen LogP contribution in [0.5, 0.6) is 0 Å². The van der Waals surface area contributed by atoms with Gasteiger partial charge in [0.2, 0.25) is 0 Å². The summed E-state index contributed by atoms with van der Waals surface area (Å²) >= 11 is 3.02. The first-order chi connectivity index (χ1) is 14.3. The number of carbonyl (C=O) groups is 2. The number of amides is 1. The predicted octanol–water partition coefficient (Wildman–Crippen LogP) is 6.77. The van der Waals surface area contributed by atoms with Crippen LogP contribution in [0.1, 0.15) is 65.8 Å². The minimum atomic E-state index is -0.407. The monoisotopic (exact) mass is 441 g/mol. The molecular formula is C24H27NO3S2. The fourth-order valence-electron chi connectivity index (χ4n) is 3.19. The van der Waals surface area contributed by atoms with Crippen molar-refractivity contribution in [1.29, 1.82) is 0 Å². The van der Waals surface area contributed by atoms with Gasteiger partial charge in [0.1, 0.15) is 10.6 Å². The highest BCUT2D eigenvalue weighted by atomic mass is 32.1. The van der Waals surface area contributed by atoms with Gasteiger partial charge in [-0.25, -0.2) is 4.79 Å². The van der Waals surface area contributed by atoms with Crippen molar-refractivity contribution in [2.24, 2.45) is 0 Å². The Hall–Kier alpha value is -2.44. The number of anilines is 1. The van der Waals surface area contributed by atoms with Crippen molar-refractivity contribution in [3.8, 4) is 10.4 Å². The number of nitrogens with one attached hydrogen (secondary N) is 1. The van der Waals surface area contributed by atoms with Gasteiger partial charge in [0, 0.05) is 20.9 Å². The van der Waals surface area contributed by atoms with E-state index in [9.17, 15) is 9.59 Å². The van der Waals surface area contributed by atoms with E-state index in [4.69, 9.17) is 4.74 Å². The molecule has 0 aliphatic carbocycles. The molecule has 30 heavy (non-hydrogen) atoms. The number of thiophene rings is 2. The molecule has 158 valence electrons. The van der Waals surface area contributed by atoms with E-state index >= 15 is 0 Å². The molecule has 0 saturated heterocycles. The third-order valence-electron chi connectivity index (χ3n) is 4.79. The molecular weight excluding hydrogens is 414 g/mol. The number of aryl methyl sites for hydroxylation is 1. The lowest BCUT2D eigenvalue weighted by Crippen LogP contribution is -2.16. The quantitative estimate of drug-likeness (QED) is 0.430. The van der Waals surface area contributed by atoms with Crippen LogP contribution >= 0.6 is 22.7 Å². The van der Waals surface area contributed by atoms with E-state index in [-0.39, 0.29) is 17.9 Å². The topological polar surface area (TPSA) is 55.4 Å². The van der Waals surface area contributed by atoms with Gasteiger partial charge in [-0.15, -0.1) is 22.7 Å². The second kappa shape index (κ2) is 9.14. The Bertz CT molecular complexity index is 1030. The summed E-state index contributed by atoms with van der Waals surface area (Å²) in [7, 11) is 0. The minimum absolute atomic E-state index is 0.0193. The Morgan fingerprint density at radius 3 is 2.30 bits per heavy atom. The molecule has 4 nitrogen and oxygen atoms in total. The van der Waals surface area contributed by atoms with Crippen LogP contribution in [0.3, 0.4) is 0 Å². The van der Waals surface area contributed by atoms with Gasteiger partial charge in [0.15, 0.2) is 0 Å². The molecule has 0 radical (unpaired) electrons. The van der Waals surface area contributed by atoms with Gasteiger partial charge < -0.3 is 10.1 Å². The van der Waals surface area contributed by atoms with Crippen LogP contribution in [0.2, 0.25) is 0 Å². The maximum absolute atomic E-state index is 12.9. The number of carbonyl (C=O) groups excluding carboxylic acids is 2. The summed E-state index contributed by atoms with van der Waals surface area (Å²) in [5, 5.41) is 5.49. The molecule has 0 aliphatic rings. The van der Waals surface area contributed by atoms with Crippen molar-refractivity contribution in [3.63, 3.8) is 0 Å². The van der Waals surface area contributed by atoms with E-state index in [2.05, 4.69) is 33.0 Å². The average molecular weight is 442 g/mol. The summed E-state index contributed by atoms with van der Waals surface area (Å²) in [6.07, 6.45) is 0.764. The Balaban J connectivity index is 1.99. The van der Waals surface area contributed by atoms with Crippen LogP contribution in [0.25, 0.3) is 10.4 Å². The molecule has 1 amide bonds. The number of ether oxygens (including phenoxy) is 1. The maximum Gasteiger partial charge on any atom is 0.341 e. The average Bonchev–Trinajstić information content (AvgIpc) is 3.35. The third-order valence-corrected chi connectivity index (χ3v) is 6.93. The van der Waals surface area contributed by atoms with Crippen LogP contribution in [0.4, 0.5) is 5.00 Å². The second-order valence-corrected chi connectivity index (χ2v) is 9.99. The molecule has 0 fully saturated rings. The lowest BCUT2D eigenvalue weighted by molar-refractivity contribution is 0.0529. The van der Waals surface area contributed by atoms with Crippen molar-refractivity contribution < 1.29 is 14.3 Å². The van der Waals surface area contributed by atoms with E-state index in [1.165, 1.54) is 11.3 Å². The highest BCUT2D eigenvalue weighted by molar-refractivity contribution is 7.18. The molecule has 0 aliphatic heterocycles. The standard InChI is InChI=1S/C24H27NO3S2/c1-6-17-19(18-9-8-14-29-18)20(23(27)28-7-2)22(30-17)25-21(26)15-10-12-16(13-11-15)24(3,4)5/h8-14H,6-7H2,1-5H3,(H,25,26). The van der Waals surface area contributed by atoms with Gasteiger partial charge in [0.05, 0.1) is 6.61 Å². The molecule has 0 spiro atoms. The van der Waals surface area contributed by atoms with Crippen LogP contribution in [-0.4, -0.2) is 18.5 Å². The molecule has 1 aromatic carbocycles.